The van der Waals surface area contributed by atoms with Gasteiger partial charge in [0.05, 0.1) is 25.9 Å². The van der Waals surface area contributed by atoms with E-state index in [4.69, 9.17) is 14.6 Å². The summed E-state index contributed by atoms with van der Waals surface area (Å²) in [7, 11) is 0. The van der Waals surface area contributed by atoms with Crippen LogP contribution in [0.25, 0.3) is 0 Å². The second-order valence-corrected chi connectivity index (χ2v) is 9.09. The number of unbranched alkanes of at least 4 members (excludes halogenated alkanes) is 2. The summed E-state index contributed by atoms with van der Waals surface area (Å²) in [6.07, 6.45) is 3.20. The van der Waals surface area contributed by atoms with Gasteiger partial charge < -0.3 is 19.7 Å². The van der Waals surface area contributed by atoms with Gasteiger partial charge in [0.15, 0.2) is 0 Å². The minimum Gasteiger partial charge on any atom is -0.459 e. The molecule has 1 aromatic carbocycles. The maximum absolute atomic E-state index is 12.4. The van der Waals surface area contributed by atoms with E-state index in [0.29, 0.717) is 17.0 Å². The number of rotatable bonds is 13. The Kier molecular flexibility index (Phi) is 9.58. The second-order valence-electron chi connectivity index (χ2n) is 7.92. The SMILES string of the molecule is CCCCCC(O)c1ccc(N2C(=O)NC(=O)[C@@H]2COCc2ccc(C(=O)OCCO)s2)cc1. The lowest BCUT2D eigenvalue weighted by Gasteiger charge is -2.22. The van der Waals surface area contributed by atoms with Gasteiger partial charge in [0.25, 0.3) is 5.91 Å². The molecule has 34 heavy (non-hydrogen) atoms. The normalized spacial score (nSPS) is 16.6. The van der Waals surface area contributed by atoms with Crippen LogP contribution < -0.4 is 10.2 Å². The summed E-state index contributed by atoms with van der Waals surface area (Å²) < 4.78 is 10.6. The average molecular weight is 491 g/mol. The van der Waals surface area contributed by atoms with Crippen molar-refractivity contribution in [3.8, 4) is 0 Å². The van der Waals surface area contributed by atoms with Crippen LogP contribution in [0.5, 0.6) is 0 Å². The lowest BCUT2D eigenvalue weighted by atomic mass is 10.0. The Labute approximate surface area is 202 Å². The third-order valence-corrected chi connectivity index (χ3v) is 6.45. The number of nitrogens with one attached hydrogen (secondary N) is 1. The van der Waals surface area contributed by atoms with Crippen LogP contribution in [0, 0.1) is 0 Å². The number of benzene rings is 1. The van der Waals surface area contributed by atoms with Gasteiger partial charge in [0.2, 0.25) is 0 Å². The Hall–Kier alpha value is -2.79. The first-order valence-electron chi connectivity index (χ1n) is 11.3. The van der Waals surface area contributed by atoms with E-state index in [0.717, 1.165) is 29.7 Å². The number of aliphatic hydroxyl groups excluding tert-OH is 2. The van der Waals surface area contributed by atoms with Gasteiger partial charge in [-0.05, 0) is 36.2 Å². The Bertz CT molecular complexity index is 976. The average Bonchev–Trinajstić information content (AvgIpc) is 3.41. The number of carbonyl (C=O) groups is 3. The molecule has 3 amide bonds. The standard InChI is InChI=1S/C24H30N2O7S/c1-2-3-4-5-20(28)16-6-8-17(9-7-16)26-19(22(29)25-24(26)31)15-32-14-18-10-11-21(34-18)23(30)33-13-12-27/h6-11,19-20,27-28H,2-5,12-15H2,1H3,(H,25,29,31)/t19-,20?/m0/s1. The fourth-order valence-electron chi connectivity index (χ4n) is 3.61. The summed E-state index contributed by atoms with van der Waals surface area (Å²) in [5, 5.41) is 21.4. The van der Waals surface area contributed by atoms with Gasteiger partial charge in [0, 0.05) is 10.6 Å². The highest BCUT2D eigenvalue weighted by Crippen LogP contribution is 2.26. The van der Waals surface area contributed by atoms with E-state index in [1.807, 2.05) is 0 Å². The molecule has 1 fully saturated rings. The summed E-state index contributed by atoms with van der Waals surface area (Å²) in [6.45, 7) is 1.93. The fourth-order valence-corrected chi connectivity index (χ4v) is 4.45. The van der Waals surface area contributed by atoms with Crippen LogP contribution >= 0.6 is 11.3 Å². The highest BCUT2D eigenvalue weighted by Gasteiger charge is 2.39. The van der Waals surface area contributed by atoms with E-state index in [2.05, 4.69) is 12.2 Å². The van der Waals surface area contributed by atoms with Crippen molar-refractivity contribution in [1.29, 1.82) is 0 Å². The zero-order valence-corrected chi connectivity index (χ0v) is 19.9. The van der Waals surface area contributed by atoms with Gasteiger partial charge in [-0.25, -0.2) is 9.59 Å². The number of aliphatic hydroxyl groups is 2. The maximum Gasteiger partial charge on any atom is 0.348 e. The van der Waals surface area contributed by atoms with Crippen LogP contribution in [0.15, 0.2) is 36.4 Å². The Morgan fingerprint density at radius 3 is 2.65 bits per heavy atom. The molecule has 1 unspecified atom stereocenters. The van der Waals surface area contributed by atoms with Crippen molar-refractivity contribution in [3.05, 3.63) is 51.7 Å². The molecular formula is C24H30N2O7S. The van der Waals surface area contributed by atoms with Crippen LogP contribution in [0.4, 0.5) is 10.5 Å². The molecule has 1 aliphatic heterocycles. The fraction of sp³-hybridized carbons (Fsp3) is 0.458. The molecule has 1 aliphatic rings. The lowest BCUT2D eigenvalue weighted by molar-refractivity contribution is -0.121. The third-order valence-electron chi connectivity index (χ3n) is 5.41. The number of anilines is 1. The number of urea groups is 1. The Morgan fingerprint density at radius 2 is 1.94 bits per heavy atom. The summed E-state index contributed by atoms with van der Waals surface area (Å²) >= 11 is 1.20. The van der Waals surface area contributed by atoms with E-state index in [9.17, 15) is 19.5 Å². The zero-order chi connectivity index (χ0) is 24.5. The predicted octanol–water partition coefficient (Wildman–Crippen LogP) is 3.15. The molecule has 3 rings (SSSR count). The second kappa shape index (κ2) is 12.6. The van der Waals surface area contributed by atoms with E-state index in [1.54, 1.807) is 36.4 Å². The van der Waals surface area contributed by atoms with Crippen LogP contribution in [0.1, 0.15) is 58.8 Å². The van der Waals surface area contributed by atoms with E-state index >= 15 is 0 Å². The molecule has 0 bridgehead atoms. The summed E-state index contributed by atoms with van der Waals surface area (Å²) in [5.74, 6) is -0.968. The van der Waals surface area contributed by atoms with Crippen molar-refractivity contribution >= 4 is 34.9 Å². The molecule has 1 aromatic heterocycles. The van der Waals surface area contributed by atoms with Gasteiger partial charge in [0.1, 0.15) is 17.5 Å². The van der Waals surface area contributed by atoms with E-state index in [-0.39, 0.29) is 26.4 Å². The van der Waals surface area contributed by atoms with Crippen molar-refractivity contribution in [3.63, 3.8) is 0 Å². The maximum atomic E-state index is 12.4. The van der Waals surface area contributed by atoms with Crippen LogP contribution in [0.3, 0.4) is 0 Å². The minimum absolute atomic E-state index is 0.0266. The molecule has 10 heteroatoms. The van der Waals surface area contributed by atoms with Gasteiger partial charge in [-0.15, -0.1) is 11.3 Å². The van der Waals surface area contributed by atoms with E-state index in [1.165, 1.54) is 16.2 Å². The van der Waals surface area contributed by atoms with Gasteiger partial charge >= 0.3 is 12.0 Å². The number of amides is 3. The molecule has 2 aromatic rings. The minimum atomic E-state index is -0.832. The highest BCUT2D eigenvalue weighted by molar-refractivity contribution is 7.13. The molecule has 184 valence electrons. The largest absolute Gasteiger partial charge is 0.459 e. The number of hydrogen-bond acceptors (Lipinski definition) is 8. The molecule has 0 spiro atoms. The molecule has 3 N–H and O–H groups in total. The summed E-state index contributed by atoms with van der Waals surface area (Å²) in [6, 6.07) is 8.94. The number of hydrogen-bond donors (Lipinski definition) is 3. The molecule has 0 radical (unpaired) electrons. The third kappa shape index (κ3) is 6.63. The first kappa shape index (κ1) is 25.8. The number of carbonyl (C=O) groups excluding carboxylic acids is 3. The summed E-state index contributed by atoms with van der Waals surface area (Å²) in [4.78, 5) is 39.1. The van der Waals surface area contributed by atoms with E-state index < -0.39 is 30.1 Å². The van der Waals surface area contributed by atoms with Crippen LogP contribution in [0.2, 0.25) is 0 Å². The van der Waals surface area contributed by atoms with Crippen molar-refractivity contribution in [2.45, 2.75) is 51.4 Å². The lowest BCUT2D eigenvalue weighted by Crippen LogP contribution is -2.38. The first-order valence-corrected chi connectivity index (χ1v) is 12.1. The smallest absolute Gasteiger partial charge is 0.348 e. The Balaban J connectivity index is 1.58. The number of thiophene rings is 1. The Morgan fingerprint density at radius 1 is 1.18 bits per heavy atom. The zero-order valence-electron chi connectivity index (χ0n) is 19.1. The first-order chi connectivity index (χ1) is 16.4. The van der Waals surface area contributed by atoms with Crippen molar-refractivity contribution < 1.29 is 34.1 Å². The molecule has 1 saturated heterocycles. The van der Waals surface area contributed by atoms with Crippen LogP contribution in [-0.2, 0) is 20.9 Å². The van der Waals surface area contributed by atoms with Gasteiger partial charge in [-0.3, -0.25) is 15.0 Å². The monoisotopic (exact) mass is 490 g/mol. The highest BCUT2D eigenvalue weighted by atomic mass is 32.1. The van der Waals surface area contributed by atoms with Gasteiger partial charge in [-0.2, -0.15) is 0 Å². The summed E-state index contributed by atoms with van der Waals surface area (Å²) in [5.41, 5.74) is 1.30. The van der Waals surface area contributed by atoms with Gasteiger partial charge in [-0.1, -0.05) is 38.3 Å². The van der Waals surface area contributed by atoms with Crippen LogP contribution in [-0.4, -0.2) is 54.0 Å². The molecule has 0 saturated carbocycles. The van der Waals surface area contributed by atoms with Crippen molar-refractivity contribution in [1.82, 2.24) is 5.32 Å². The number of ether oxygens (including phenoxy) is 2. The van der Waals surface area contributed by atoms with Crippen molar-refractivity contribution in [2.24, 2.45) is 0 Å². The molecule has 9 nitrogen and oxygen atoms in total. The number of imide groups is 1. The quantitative estimate of drug-likeness (QED) is 0.224. The molecule has 2 heterocycles. The number of nitrogens with zero attached hydrogens (tertiary/aromatic N) is 1. The number of esters is 1. The molecule has 2 atom stereocenters. The predicted molar refractivity (Wildman–Crippen MR) is 127 cm³/mol. The topological polar surface area (TPSA) is 125 Å². The van der Waals surface area contributed by atoms with Crippen molar-refractivity contribution in [2.75, 3.05) is 24.7 Å². The molecule has 0 aliphatic carbocycles. The molecular weight excluding hydrogens is 460 g/mol.